The van der Waals surface area contributed by atoms with Gasteiger partial charge in [0.2, 0.25) is 0 Å². The Morgan fingerprint density at radius 1 is 1.32 bits per heavy atom. The number of amides is 3. The number of nitrogens with one attached hydrogen (secondary N) is 1. The third-order valence-corrected chi connectivity index (χ3v) is 4.20. The minimum atomic E-state index is -0.705. The average molecular weight is 279 g/mol. The second kappa shape index (κ2) is 4.23. The number of carbonyl (C=O) groups is 2. The van der Waals surface area contributed by atoms with Gasteiger partial charge in [0.25, 0.3) is 5.91 Å². The number of hydrogen-bond acceptors (Lipinski definition) is 2. The van der Waals surface area contributed by atoms with Gasteiger partial charge in [0.15, 0.2) is 0 Å². The largest absolute Gasteiger partial charge is 0.325 e. The molecule has 1 atom stereocenters. The molecule has 1 unspecified atom stereocenters. The number of rotatable bonds is 3. The Morgan fingerprint density at radius 2 is 1.95 bits per heavy atom. The van der Waals surface area contributed by atoms with Crippen LogP contribution in [0, 0.1) is 5.92 Å². The molecule has 1 saturated heterocycles. The highest BCUT2D eigenvalue weighted by Gasteiger charge is 2.55. The van der Waals surface area contributed by atoms with Crippen molar-refractivity contribution in [3.8, 4) is 0 Å². The zero-order valence-corrected chi connectivity index (χ0v) is 11.4. The van der Waals surface area contributed by atoms with Crippen molar-refractivity contribution in [2.45, 2.75) is 31.8 Å². The number of halogens is 1. The molecule has 4 nitrogen and oxygen atoms in total. The van der Waals surface area contributed by atoms with Crippen LogP contribution >= 0.6 is 11.6 Å². The summed E-state index contributed by atoms with van der Waals surface area (Å²) in [4.78, 5) is 25.7. The van der Waals surface area contributed by atoms with E-state index in [0.29, 0.717) is 17.5 Å². The smallest absolute Gasteiger partial charge is 0.323 e. The van der Waals surface area contributed by atoms with Crippen molar-refractivity contribution in [1.82, 2.24) is 10.2 Å². The van der Waals surface area contributed by atoms with E-state index in [2.05, 4.69) is 5.32 Å². The van der Waals surface area contributed by atoms with Crippen LogP contribution in [-0.2, 0) is 11.3 Å². The van der Waals surface area contributed by atoms with Gasteiger partial charge in [-0.05, 0) is 43.4 Å². The molecule has 0 spiro atoms. The van der Waals surface area contributed by atoms with Gasteiger partial charge < -0.3 is 5.32 Å². The molecule has 1 aliphatic carbocycles. The fraction of sp³-hybridized carbons (Fsp3) is 0.429. The summed E-state index contributed by atoms with van der Waals surface area (Å²) in [5, 5.41) is 3.48. The molecule has 0 aromatic heterocycles. The molecular weight excluding hydrogens is 264 g/mol. The van der Waals surface area contributed by atoms with Crippen LogP contribution in [0.1, 0.15) is 25.3 Å². The zero-order valence-electron chi connectivity index (χ0n) is 10.6. The molecule has 3 rings (SSSR count). The van der Waals surface area contributed by atoms with Crippen LogP contribution in [0.4, 0.5) is 4.79 Å². The van der Waals surface area contributed by atoms with Gasteiger partial charge in [-0.2, -0.15) is 0 Å². The van der Waals surface area contributed by atoms with E-state index in [1.54, 1.807) is 12.1 Å². The predicted octanol–water partition coefficient (Wildman–Crippen LogP) is 2.56. The molecular formula is C14H15ClN2O2. The quantitative estimate of drug-likeness (QED) is 0.864. The second-order valence-corrected chi connectivity index (χ2v) is 5.86. The van der Waals surface area contributed by atoms with E-state index in [1.165, 1.54) is 4.90 Å². The molecule has 1 N–H and O–H groups in total. The first-order valence-electron chi connectivity index (χ1n) is 6.39. The number of nitrogens with zero attached hydrogens (tertiary/aromatic N) is 1. The minimum Gasteiger partial charge on any atom is -0.323 e. The number of hydrogen-bond donors (Lipinski definition) is 1. The Morgan fingerprint density at radius 3 is 2.53 bits per heavy atom. The lowest BCUT2D eigenvalue weighted by Crippen LogP contribution is -2.46. The lowest BCUT2D eigenvalue weighted by atomic mass is 9.96. The van der Waals surface area contributed by atoms with Gasteiger partial charge in [-0.1, -0.05) is 23.7 Å². The van der Waals surface area contributed by atoms with Crippen molar-refractivity contribution in [3.63, 3.8) is 0 Å². The summed E-state index contributed by atoms with van der Waals surface area (Å²) in [7, 11) is 0. The van der Waals surface area contributed by atoms with Crippen molar-refractivity contribution >= 4 is 23.5 Å². The Hall–Kier alpha value is -1.55. The molecule has 2 aliphatic rings. The third kappa shape index (κ3) is 2.10. The maximum atomic E-state index is 12.4. The SMILES string of the molecule is CC1(C2CC2)NC(=O)N(Cc2ccc(Cl)cc2)C1=O. The molecule has 5 heteroatoms. The van der Waals surface area contributed by atoms with Crippen molar-refractivity contribution in [2.24, 2.45) is 5.92 Å². The van der Waals surface area contributed by atoms with Crippen LogP contribution in [-0.4, -0.2) is 22.4 Å². The van der Waals surface area contributed by atoms with Crippen molar-refractivity contribution in [1.29, 1.82) is 0 Å². The number of benzene rings is 1. The van der Waals surface area contributed by atoms with Gasteiger partial charge in [0.05, 0.1) is 6.54 Å². The first kappa shape index (κ1) is 12.5. The summed E-state index contributed by atoms with van der Waals surface area (Å²) in [6.07, 6.45) is 2.02. The van der Waals surface area contributed by atoms with Crippen molar-refractivity contribution in [3.05, 3.63) is 34.9 Å². The lowest BCUT2D eigenvalue weighted by molar-refractivity contribution is -0.131. The predicted molar refractivity (Wildman–Crippen MR) is 71.7 cm³/mol. The molecule has 3 amide bonds. The summed E-state index contributed by atoms with van der Waals surface area (Å²) in [5.74, 6) is 0.175. The van der Waals surface area contributed by atoms with Gasteiger partial charge in [0.1, 0.15) is 5.54 Å². The monoisotopic (exact) mass is 278 g/mol. The van der Waals surface area contributed by atoms with Crippen LogP contribution in [0.25, 0.3) is 0 Å². The summed E-state index contributed by atoms with van der Waals surface area (Å²) in [5.41, 5.74) is 0.191. The van der Waals surface area contributed by atoms with E-state index in [1.807, 2.05) is 19.1 Å². The molecule has 1 aliphatic heterocycles. The van der Waals surface area contributed by atoms with Crippen molar-refractivity contribution in [2.75, 3.05) is 0 Å². The third-order valence-electron chi connectivity index (χ3n) is 3.95. The Labute approximate surface area is 116 Å². The van der Waals surface area contributed by atoms with Crippen LogP contribution in [0.3, 0.4) is 0 Å². The van der Waals surface area contributed by atoms with Gasteiger partial charge >= 0.3 is 6.03 Å². The number of urea groups is 1. The van der Waals surface area contributed by atoms with Crippen LogP contribution in [0.2, 0.25) is 5.02 Å². The molecule has 100 valence electrons. The highest BCUT2D eigenvalue weighted by molar-refractivity contribution is 6.30. The molecule has 1 heterocycles. The number of carbonyl (C=O) groups excluding carboxylic acids is 2. The second-order valence-electron chi connectivity index (χ2n) is 5.42. The molecule has 19 heavy (non-hydrogen) atoms. The van der Waals surface area contributed by atoms with Crippen molar-refractivity contribution < 1.29 is 9.59 Å². The minimum absolute atomic E-state index is 0.116. The average Bonchev–Trinajstić information content (AvgIpc) is 3.18. The fourth-order valence-corrected chi connectivity index (χ4v) is 2.70. The molecule has 0 bridgehead atoms. The van der Waals surface area contributed by atoms with Gasteiger partial charge in [-0.25, -0.2) is 4.79 Å². The zero-order chi connectivity index (χ0) is 13.6. The standard InChI is InChI=1S/C14H15ClN2O2/c1-14(10-4-5-10)12(18)17(13(19)16-14)8-9-2-6-11(15)7-3-9/h2-3,6-7,10H,4-5,8H2,1H3,(H,16,19). The maximum Gasteiger partial charge on any atom is 0.325 e. The molecule has 1 saturated carbocycles. The molecule has 2 fully saturated rings. The maximum absolute atomic E-state index is 12.4. The summed E-state index contributed by atoms with van der Waals surface area (Å²) in [6.45, 7) is 2.12. The lowest BCUT2D eigenvalue weighted by Gasteiger charge is -2.21. The molecule has 0 radical (unpaired) electrons. The number of imide groups is 1. The van der Waals surface area contributed by atoms with E-state index >= 15 is 0 Å². The van der Waals surface area contributed by atoms with E-state index in [4.69, 9.17) is 11.6 Å². The molecule has 1 aromatic rings. The van der Waals surface area contributed by atoms with Gasteiger partial charge in [-0.3, -0.25) is 9.69 Å². The Bertz CT molecular complexity index is 539. The Balaban J connectivity index is 1.79. The van der Waals surface area contributed by atoms with Gasteiger partial charge in [0, 0.05) is 5.02 Å². The molecule has 1 aromatic carbocycles. The highest BCUT2D eigenvalue weighted by atomic mass is 35.5. The van der Waals surface area contributed by atoms with E-state index < -0.39 is 5.54 Å². The summed E-state index contributed by atoms with van der Waals surface area (Å²) < 4.78 is 0. The topological polar surface area (TPSA) is 49.4 Å². The van der Waals surface area contributed by atoms with E-state index in [9.17, 15) is 9.59 Å². The first-order chi connectivity index (χ1) is 9.00. The first-order valence-corrected chi connectivity index (χ1v) is 6.77. The summed E-state index contributed by atoms with van der Waals surface area (Å²) >= 11 is 5.82. The Kier molecular flexibility index (Phi) is 2.78. The highest BCUT2D eigenvalue weighted by Crippen LogP contribution is 2.42. The summed E-state index contributed by atoms with van der Waals surface area (Å²) in [6, 6.07) is 6.88. The van der Waals surface area contributed by atoms with E-state index in [0.717, 1.165) is 18.4 Å². The fourth-order valence-electron chi connectivity index (χ4n) is 2.57. The van der Waals surface area contributed by atoms with Crippen LogP contribution in [0.5, 0.6) is 0 Å². The van der Waals surface area contributed by atoms with Gasteiger partial charge in [-0.15, -0.1) is 0 Å². The normalized spacial score (nSPS) is 26.7. The van der Waals surface area contributed by atoms with Crippen LogP contribution in [0.15, 0.2) is 24.3 Å². The van der Waals surface area contributed by atoms with Crippen LogP contribution < -0.4 is 5.32 Å². The van der Waals surface area contributed by atoms with E-state index in [-0.39, 0.29) is 11.9 Å².